The maximum Gasteiger partial charge on any atom is 0.402 e. The molecule has 2 fully saturated rings. The zero-order valence-electron chi connectivity index (χ0n) is 20.7. The molecule has 1 aromatic heterocycles. The van der Waals surface area contributed by atoms with Gasteiger partial charge in [-0.2, -0.15) is 35.7 Å². The van der Waals surface area contributed by atoms with E-state index in [-0.39, 0.29) is 18.4 Å². The number of alkyl halides is 3. The van der Waals surface area contributed by atoms with Crippen LogP contribution < -0.4 is 4.72 Å². The van der Waals surface area contributed by atoms with Gasteiger partial charge in [0.05, 0.1) is 16.9 Å². The van der Waals surface area contributed by atoms with Crippen molar-refractivity contribution in [1.29, 1.82) is 0 Å². The highest BCUT2D eigenvalue weighted by Crippen LogP contribution is 2.50. The fourth-order valence-corrected chi connectivity index (χ4v) is 8.31. The van der Waals surface area contributed by atoms with Crippen molar-refractivity contribution in [2.75, 3.05) is 13.1 Å². The van der Waals surface area contributed by atoms with Crippen molar-refractivity contribution in [3.05, 3.63) is 65.2 Å². The van der Waals surface area contributed by atoms with Gasteiger partial charge in [-0.1, -0.05) is 42.0 Å². The smallest absolute Gasteiger partial charge is 0.267 e. The van der Waals surface area contributed by atoms with Crippen molar-refractivity contribution in [3.63, 3.8) is 0 Å². The molecule has 1 aliphatic heterocycles. The number of nitrogens with one attached hydrogen (secondary N) is 1. The molecule has 1 spiro atoms. The van der Waals surface area contributed by atoms with Crippen molar-refractivity contribution in [2.45, 2.75) is 44.3 Å². The third-order valence-electron chi connectivity index (χ3n) is 8.43. The predicted octanol–water partition coefficient (Wildman–Crippen LogP) is 4.64. The highest BCUT2D eigenvalue weighted by atomic mass is 32.2. The number of hydrogen-bond acceptors (Lipinski definition) is 3. The molecule has 37 heavy (non-hydrogen) atoms. The first kappa shape index (κ1) is 24.6. The molecule has 1 saturated heterocycles. The highest BCUT2D eigenvalue weighted by molar-refractivity contribution is 7.87. The molecule has 2 aromatic carbocycles. The lowest BCUT2D eigenvalue weighted by molar-refractivity contribution is -0.136. The first-order valence-corrected chi connectivity index (χ1v) is 14.0. The predicted molar refractivity (Wildman–Crippen MR) is 135 cm³/mol. The van der Waals surface area contributed by atoms with Gasteiger partial charge in [-0.3, -0.25) is 4.68 Å². The third-order valence-corrected chi connectivity index (χ3v) is 10.0. The molecule has 6 nitrogen and oxygen atoms in total. The second kappa shape index (κ2) is 8.41. The van der Waals surface area contributed by atoms with Gasteiger partial charge in [0.15, 0.2) is 0 Å². The molecule has 0 amide bonds. The van der Waals surface area contributed by atoms with Crippen LogP contribution in [0.25, 0.3) is 22.5 Å². The van der Waals surface area contributed by atoms with Gasteiger partial charge in [0, 0.05) is 19.2 Å². The molecule has 1 N–H and O–H groups in total. The van der Waals surface area contributed by atoms with Crippen LogP contribution in [0.4, 0.5) is 13.2 Å². The zero-order valence-corrected chi connectivity index (χ0v) is 21.5. The Balaban J connectivity index is 1.31. The summed E-state index contributed by atoms with van der Waals surface area (Å²) in [6.07, 6.45) is -1.72. The molecule has 3 aliphatic rings. The van der Waals surface area contributed by atoms with Crippen LogP contribution in [0.15, 0.2) is 48.5 Å². The molecule has 1 saturated carbocycles. The van der Waals surface area contributed by atoms with Crippen LogP contribution in [-0.2, 0) is 30.1 Å². The lowest BCUT2D eigenvalue weighted by Gasteiger charge is -2.33. The van der Waals surface area contributed by atoms with E-state index in [1.807, 2.05) is 17.8 Å². The quantitative estimate of drug-likeness (QED) is 0.537. The number of fused-ring (bicyclic) bond motifs is 1. The van der Waals surface area contributed by atoms with Gasteiger partial charge in [0.1, 0.15) is 6.54 Å². The summed E-state index contributed by atoms with van der Waals surface area (Å²) in [4.78, 5) is 0. The number of aromatic nitrogens is 2. The lowest BCUT2D eigenvalue weighted by atomic mass is 9.79. The Kier molecular flexibility index (Phi) is 5.60. The summed E-state index contributed by atoms with van der Waals surface area (Å²) >= 11 is 0. The molecule has 3 atom stereocenters. The first-order valence-electron chi connectivity index (χ1n) is 12.5. The number of nitrogens with zero attached hydrogens (tertiary/aromatic N) is 3. The van der Waals surface area contributed by atoms with E-state index in [1.165, 1.54) is 5.56 Å². The van der Waals surface area contributed by atoms with Crippen molar-refractivity contribution >= 4 is 10.2 Å². The van der Waals surface area contributed by atoms with E-state index < -0.39 is 28.5 Å². The summed E-state index contributed by atoms with van der Waals surface area (Å²) in [5.74, 6) is -0.102. The highest BCUT2D eigenvalue weighted by Gasteiger charge is 2.60. The number of aryl methyl sites for hydroxylation is 2. The van der Waals surface area contributed by atoms with Crippen LogP contribution in [0, 0.1) is 18.8 Å². The standard InChI is InChI=1S/C27H29F3N4O2S/c1-17-3-5-18(6-4-17)25-14-24(31-33(25)2)20-8-7-19-12-22-9-10-23(13-21(19)11-20)26(22)15-34(16-27(28,29)30)37(35,36)32-26/h3-8,11,14,22-23,32H,9-10,12-13,15-16H2,1-2H3/t22-,23+,26+/m0/s1. The second-order valence-electron chi connectivity index (χ2n) is 10.8. The van der Waals surface area contributed by atoms with Crippen LogP contribution in [0.3, 0.4) is 0 Å². The van der Waals surface area contributed by atoms with Crippen LogP contribution in [-0.4, -0.2) is 47.3 Å². The van der Waals surface area contributed by atoms with Crippen LogP contribution in [0.5, 0.6) is 0 Å². The maximum absolute atomic E-state index is 13.1. The molecule has 10 heteroatoms. The molecule has 0 radical (unpaired) electrons. The Morgan fingerprint density at radius 3 is 2.32 bits per heavy atom. The van der Waals surface area contributed by atoms with Gasteiger partial charge in [-0.25, -0.2) is 0 Å². The number of halogens is 3. The maximum atomic E-state index is 13.1. The molecule has 0 unspecified atom stereocenters. The van der Waals surface area contributed by atoms with E-state index in [4.69, 9.17) is 5.10 Å². The summed E-state index contributed by atoms with van der Waals surface area (Å²) in [5, 5.41) is 4.75. The Bertz CT molecular complexity index is 1470. The Labute approximate surface area is 214 Å². The van der Waals surface area contributed by atoms with Crippen LogP contribution in [0.2, 0.25) is 0 Å². The van der Waals surface area contributed by atoms with Gasteiger partial charge in [0.2, 0.25) is 0 Å². The van der Waals surface area contributed by atoms with E-state index in [0.717, 1.165) is 46.5 Å². The summed E-state index contributed by atoms with van der Waals surface area (Å²) < 4.78 is 70.0. The minimum Gasteiger partial charge on any atom is -0.267 e. The Hall–Kier alpha value is -2.69. The van der Waals surface area contributed by atoms with Gasteiger partial charge in [-0.05, 0) is 73.3 Å². The van der Waals surface area contributed by atoms with Crippen molar-refractivity contribution in [1.82, 2.24) is 18.8 Å². The minimum absolute atomic E-state index is 0.0411. The average molecular weight is 531 g/mol. The normalized spacial score (nSPS) is 26.9. The molecule has 2 aliphatic carbocycles. The van der Waals surface area contributed by atoms with E-state index in [0.29, 0.717) is 17.1 Å². The SMILES string of the molecule is Cc1ccc(-c2cc(-c3ccc4c(c3)C[C@H]3CC[C@@H](C4)[C@]34CN(CC(F)(F)F)S(=O)(=O)N4)nn2C)cc1. The number of rotatable bonds is 3. The van der Waals surface area contributed by atoms with Crippen molar-refractivity contribution in [3.8, 4) is 22.5 Å². The largest absolute Gasteiger partial charge is 0.402 e. The molecule has 196 valence electrons. The summed E-state index contributed by atoms with van der Waals surface area (Å²) in [6, 6.07) is 16.6. The topological polar surface area (TPSA) is 67.2 Å². The second-order valence-corrected chi connectivity index (χ2v) is 12.5. The van der Waals surface area contributed by atoms with Crippen molar-refractivity contribution in [2.24, 2.45) is 18.9 Å². The van der Waals surface area contributed by atoms with E-state index >= 15 is 0 Å². The fourth-order valence-electron chi connectivity index (χ4n) is 6.61. The van der Waals surface area contributed by atoms with Gasteiger partial charge in [0.25, 0.3) is 10.2 Å². The molecule has 2 bridgehead atoms. The summed E-state index contributed by atoms with van der Waals surface area (Å²) in [5.41, 5.74) is 6.50. The number of hydrogen-bond donors (Lipinski definition) is 1. The average Bonchev–Trinajstić information content (AvgIpc) is 3.38. The van der Waals surface area contributed by atoms with E-state index in [2.05, 4.69) is 54.1 Å². The monoisotopic (exact) mass is 530 g/mol. The Morgan fingerprint density at radius 2 is 1.65 bits per heavy atom. The van der Waals surface area contributed by atoms with E-state index in [9.17, 15) is 21.6 Å². The summed E-state index contributed by atoms with van der Waals surface area (Å²) in [7, 11) is -2.27. The Morgan fingerprint density at radius 1 is 1.00 bits per heavy atom. The molecule has 3 aromatic rings. The number of benzene rings is 2. The molecule has 6 rings (SSSR count). The van der Waals surface area contributed by atoms with Crippen LogP contribution >= 0.6 is 0 Å². The van der Waals surface area contributed by atoms with Gasteiger partial charge < -0.3 is 0 Å². The lowest BCUT2D eigenvalue weighted by Crippen LogP contribution is -2.52. The van der Waals surface area contributed by atoms with Gasteiger partial charge in [-0.15, -0.1) is 0 Å². The van der Waals surface area contributed by atoms with Gasteiger partial charge >= 0.3 is 6.18 Å². The molecular formula is C27H29F3N4O2S. The zero-order chi connectivity index (χ0) is 26.2. The van der Waals surface area contributed by atoms with E-state index in [1.54, 1.807) is 0 Å². The fraction of sp³-hybridized carbons (Fsp3) is 0.444. The first-order chi connectivity index (χ1) is 17.4. The summed E-state index contributed by atoms with van der Waals surface area (Å²) in [6.45, 7) is 0.462. The van der Waals surface area contributed by atoms with Crippen LogP contribution in [0.1, 0.15) is 29.5 Å². The molecular weight excluding hydrogens is 501 g/mol. The molecule has 2 heterocycles. The van der Waals surface area contributed by atoms with Crippen molar-refractivity contribution < 1.29 is 21.6 Å². The third kappa shape index (κ3) is 4.28. The minimum atomic E-state index is -4.58.